The zero-order chi connectivity index (χ0) is 16.2. The maximum Gasteiger partial charge on any atom is 0.133 e. The highest BCUT2D eigenvalue weighted by Crippen LogP contribution is 2.19. The van der Waals surface area contributed by atoms with Crippen LogP contribution in [0.5, 0.6) is 0 Å². The Morgan fingerprint density at radius 1 is 1.17 bits per heavy atom. The predicted molar refractivity (Wildman–Crippen MR) is 95.1 cm³/mol. The van der Waals surface area contributed by atoms with Gasteiger partial charge in [0.25, 0.3) is 0 Å². The van der Waals surface area contributed by atoms with E-state index in [1.54, 1.807) is 11.3 Å². The van der Waals surface area contributed by atoms with E-state index in [0.29, 0.717) is 5.92 Å². The molecule has 0 unspecified atom stereocenters. The summed E-state index contributed by atoms with van der Waals surface area (Å²) in [6, 6.07) is 2.11. The largest absolute Gasteiger partial charge is 0.355 e. The zero-order valence-corrected chi connectivity index (χ0v) is 15.0. The number of thiazole rings is 1. The van der Waals surface area contributed by atoms with Crippen LogP contribution in [0.25, 0.3) is 0 Å². The predicted octanol–water partition coefficient (Wildman–Crippen LogP) is 3.08. The summed E-state index contributed by atoms with van der Waals surface area (Å²) in [7, 11) is 0. The van der Waals surface area contributed by atoms with Crippen LogP contribution < -0.4 is 4.90 Å². The molecule has 0 atom stereocenters. The van der Waals surface area contributed by atoms with Crippen molar-refractivity contribution in [2.45, 2.75) is 39.7 Å². The first-order chi connectivity index (χ1) is 11.1. The Morgan fingerprint density at radius 2 is 2.04 bits per heavy atom. The number of nitrogens with zero attached hydrogens (tertiary/aromatic N) is 5. The Labute approximate surface area is 142 Å². The van der Waals surface area contributed by atoms with Gasteiger partial charge in [0.15, 0.2) is 0 Å². The molecule has 0 spiro atoms. The highest BCUT2D eigenvalue weighted by molar-refractivity contribution is 7.07. The quantitative estimate of drug-likeness (QED) is 0.861. The molecule has 3 heterocycles. The van der Waals surface area contributed by atoms with Crippen molar-refractivity contribution in [1.29, 1.82) is 0 Å². The van der Waals surface area contributed by atoms with E-state index in [4.69, 9.17) is 4.98 Å². The molecule has 1 fully saturated rings. The molecule has 0 aliphatic carbocycles. The fourth-order valence-electron chi connectivity index (χ4n) is 2.90. The van der Waals surface area contributed by atoms with Crippen LogP contribution in [0.3, 0.4) is 0 Å². The van der Waals surface area contributed by atoms with Gasteiger partial charge in [-0.25, -0.2) is 15.0 Å². The zero-order valence-electron chi connectivity index (χ0n) is 14.2. The average molecular weight is 331 g/mol. The molecule has 5 nitrogen and oxygen atoms in total. The third kappa shape index (κ3) is 4.26. The Kier molecular flexibility index (Phi) is 5.23. The summed E-state index contributed by atoms with van der Waals surface area (Å²) < 4.78 is 0. The van der Waals surface area contributed by atoms with Gasteiger partial charge in [0, 0.05) is 55.8 Å². The summed E-state index contributed by atoms with van der Waals surface area (Å²) in [4.78, 5) is 18.6. The molecule has 0 bridgehead atoms. The standard InChI is InChI=1S/C17H25N5S/c1-13(2)17-19-14(3)9-16(20-17)22-6-4-5-21(7-8-22)10-15-11-23-12-18-15/h9,11-13H,4-8,10H2,1-3H3. The average Bonchev–Trinajstić information content (AvgIpc) is 2.91. The van der Waals surface area contributed by atoms with Crippen molar-refractivity contribution >= 4 is 17.2 Å². The second-order valence-corrected chi connectivity index (χ2v) is 7.20. The van der Waals surface area contributed by atoms with Gasteiger partial charge >= 0.3 is 0 Å². The van der Waals surface area contributed by atoms with Gasteiger partial charge in [0.05, 0.1) is 11.2 Å². The first-order valence-corrected chi connectivity index (χ1v) is 9.26. The smallest absolute Gasteiger partial charge is 0.133 e. The lowest BCUT2D eigenvalue weighted by molar-refractivity contribution is 0.282. The Morgan fingerprint density at radius 3 is 2.78 bits per heavy atom. The second-order valence-electron chi connectivity index (χ2n) is 6.48. The summed E-state index contributed by atoms with van der Waals surface area (Å²) in [5, 5.41) is 2.14. The van der Waals surface area contributed by atoms with Crippen LogP contribution >= 0.6 is 11.3 Å². The number of aryl methyl sites for hydroxylation is 1. The highest BCUT2D eigenvalue weighted by Gasteiger charge is 2.18. The molecule has 0 radical (unpaired) electrons. The molecule has 1 saturated heterocycles. The molecule has 124 valence electrons. The van der Waals surface area contributed by atoms with Crippen LogP contribution in [-0.4, -0.2) is 46.0 Å². The summed E-state index contributed by atoms with van der Waals surface area (Å²) in [6.07, 6.45) is 1.16. The summed E-state index contributed by atoms with van der Waals surface area (Å²) in [5.74, 6) is 2.39. The van der Waals surface area contributed by atoms with Crippen LogP contribution in [0.4, 0.5) is 5.82 Å². The molecule has 0 saturated carbocycles. The molecule has 2 aromatic heterocycles. The minimum Gasteiger partial charge on any atom is -0.355 e. The minimum absolute atomic E-state index is 0.363. The first kappa shape index (κ1) is 16.3. The topological polar surface area (TPSA) is 45.2 Å². The molecule has 1 aliphatic heterocycles. The van der Waals surface area contributed by atoms with Gasteiger partial charge in [-0.1, -0.05) is 13.8 Å². The molecular weight excluding hydrogens is 306 g/mol. The third-order valence-electron chi connectivity index (χ3n) is 4.16. The van der Waals surface area contributed by atoms with E-state index in [1.807, 2.05) is 5.51 Å². The van der Waals surface area contributed by atoms with Crippen molar-refractivity contribution in [2.75, 3.05) is 31.1 Å². The maximum atomic E-state index is 4.78. The van der Waals surface area contributed by atoms with Crippen LogP contribution in [-0.2, 0) is 6.54 Å². The van der Waals surface area contributed by atoms with Gasteiger partial charge in [0.2, 0.25) is 0 Å². The molecule has 3 rings (SSSR count). The van der Waals surface area contributed by atoms with E-state index in [2.05, 4.69) is 52.0 Å². The van der Waals surface area contributed by atoms with Crippen LogP contribution in [0.15, 0.2) is 17.0 Å². The first-order valence-electron chi connectivity index (χ1n) is 8.32. The summed E-state index contributed by atoms with van der Waals surface area (Å²) in [6.45, 7) is 11.6. The molecule has 0 N–H and O–H groups in total. The number of anilines is 1. The van der Waals surface area contributed by atoms with Crippen LogP contribution in [0.1, 0.15) is 43.4 Å². The maximum absolute atomic E-state index is 4.78. The normalized spacial score (nSPS) is 16.8. The van der Waals surface area contributed by atoms with E-state index in [1.165, 1.54) is 5.69 Å². The molecule has 0 aromatic carbocycles. The lowest BCUT2D eigenvalue weighted by Crippen LogP contribution is -2.31. The lowest BCUT2D eigenvalue weighted by Gasteiger charge is -2.23. The highest BCUT2D eigenvalue weighted by atomic mass is 32.1. The van der Waals surface area contributed by atoms with E-state index < -0.39 is 0 Å². The SMILES string of the molecule is Cc1cc(N2CCCN(Cc3cscn3)CC2)nc(C(C)C)n1. The van der Waals surface area contributed by atoms with Crippen molar-refractivity contribution < 1.29 is 0 Å². The number of rotatable bonds is 4. The van der Waals surface area contributed by atoms with Crippen molar-refractivity contribution in [1.82, 2.24) is 19.9 Å². The molecule has 0 amide bonds. The fraction of sp³-hybridized carbons (Fsp3) is 0.588. The van der Waals surface area contributed by atoms with Crippen molar-refractivity contribution in [2.24, 2.45) is 0 Å². The van der Waals surface area contributed by atoms with Crippen molar-refractivity contribution in [3.63, 3.8) is 0 Å². The van der Waals surface area contributed by atoms with Crippen molar-refractivity contribution in [3.8, 4) is 0 Å². The van der Waals surface area contributed by atoms with E-state index >= 15 is 0 Å². The van der Waals surface area contributed by atoms with Crippen molar-refractivity contribution in [3.05, 3.63) is 34.2 Å². The van der Waals surface area contributed by atoms with E-state index in [-0.39, 0.29) is 0 Å². The van der Waals surface area contributed by atoms with Gasteiger partial charge in [-0.05, 0) is 13.3 Å². The molecular formula is C17H25N5S. The number of hydrogen-bond donors (Lipinski definition) is 0. The molecule has 6 heteroatoms. The molecule has 23 heavy (non-hydrogen) atoms. The summed E-state index contributed by atoms with van der Waals surface area (Å²) >= 11 is 1.67. The van der Waals surface area contributed by atoms with Crippen LogP contribution in [0.2, 0.25) is 0 Å². The second kappa shape index (κ2) is 7.36. The monoisotopic (exact) mass is 331 g/mol. The van der Waals surface area contributed by atoms with Gasteiger partial charge in [0.1, 0.15) is 11.6 Å². The van der Waals surface area contributed by atoms with Gasteiger partial charge < -0.3 is 4.90 Å². The Balaban J connectivity index is 1.68. The minimum atomic E-state index is 0.363. The molecule has 2 aromatic rings. The lowest BCUT2D eigenvalue weighted by atomic mass is 10.2. The van der Waals surface area contributed by atoms with E-state index in [0.717, 1.165) is 56.5 Å². The fourth-order valence-corrected chi connectivity index (χ4v) is 3.45. The third-order valence-corrected chi connectivity index (χ3v) is 4.79. The van der Waals surface area contributed by atoms with Gasteiger partial charge in [-0.3, -0.25) is 4.90 Å². The van der Waals surface area contributed by atoms with Gasteiger partial charge in [-0.15, -0.1) is 11.3 Å². The Hall–Kier alpha value is -1.53. The van der Waals surface area contributed by atoms with Gasteiger partial charge in [-0.2, -0.15) is 0 Å². The van der Waals surface area contributed by atoms with Crippen LogP contribution in [0, 0.1) is 6.92 Å². The molecule has 1 aliphatic rings. The number of hydrogen-bond acceptors (Lipinski definition) is 6. The number of aromatic nitrogens is 3. The summed E-state index contributed by atoms with van der Waals surface area (Å²) in [5.41, 5.74) is 4.15. The van der Waals surface area contributed by atoms with E-state index in [9.17, 15) is 0 Å². The Bertz CT molecular complexity index is 626.